The quantitative estimate of drug-likeness (QED) is 0.690. The highest BCUT2D eigenvalue weighted by atomic mass is 16.1. The normalized spacial score (nSPS) is 10.3. The lowest BCUT2D eigenvalue weighted by Gasteiger charge is -2.05. The van der Waals surface area contributed by atoms with Gasteiger partial charge < -0.3 is 10.6 Å². The van der Waals surface area contributed by atoms with Crippen molar-refractivity contribution in [3.63, 3.8) is 0 Å². The molecule has 0 aromatic heterocycles. The first kappa shape index (κ1) is 14.7. The molecule has 1 amide bonds. The zero-order valence-electron chi connectivity index (χ0n) is 11.5. The summed E-state index contributed by atoms with van der Waals surface area (Å²) in [6.45, 7) is 3.85. The first-order valence-electron chi connectivity index (χ1n) is 6.75. The highest BCUT2D eigenvalue weighted by molar-refractivity contribution is 5.76. The van der Waals surface area contributed by atoms with E-state index in [1.165, 1.54) is 11.1 Å². The van der Waals surface area contributed by atoms with Crippen LogP contribution >= 0.6 is 0 Å². The van der Waals surface area contributed by atoms with Crippen LogP contribution in [0.5, 0.6) is 0 Å². The highest BCUT2D eigenvalue weighted by Gasteiger charge is 2.01. The largest absolute Gasteiger partial charge is 0.356 e. The van der Waals surface area contributed by atoms with Crippen LogP contribution in [0.1, 0.15) is 30.9 Å². The van der Waals surface area contributed by atoms with Gasteiger partial charge in [0.05, 0.1) is 0 Å². The van der Waals surface area contributed by atoms with Crippen molar-refractivity contribution >= 4 is 5.91 Å². The molecule has 100 valence electrons. The highest BCUT2D eigenvalue weighted by Crippen LogP contribution is 2.07. The second kappa shape index (κ2) is 8.70. The molecule has 0 spiro atoms. The monoisotopic (exact) mass is 248 g/mol. The number of carbonyl (C=O) groups is 1. The summed E-state index contributed by atoms with van der Waals surface area (Å²) in [5.74, 6) is 0.144. The number of aryl methyl sites for hydroxylation is 2. The first-order chi connectivity index (χ1) is 8.76. The van der Waals surface area contributed by atoms with E-state index < -0.39 is 0 Å². The number of benzene rings is 1. The molecule has 0 fully saturated rings. The van der Waals surface area contributed by atoms with Crippen LogP contribution < -0.4 is 10.6 Å². The topological polar surface area (TPSA) is 41.1 Å². The van der Waals surface area contributed by atoms with Crippen LogP contribution in [0.2, 0.25) is 0 Å². The minimum absolute atomic E-state index is 0.144. The third kappa shape index (κ3) is 5.82. The molecule has 0 aliphatic rings. The summed E-state index contributed by atoms with van der Waals surface area (Å²) in [4.78, 5) is 11.6. The second-order valence-electron chi connectivity index (χ2n) is 4.48. The van der Waals surface area contributed by atoms with Crippen molar-refractivity contribution in [2.45, 2.75) is 32.6 Å². The van der Waals surface area contributed by atoms with E-state index in [0.717, 1.165) is 32.4 Å². The van der Waals surface area contributed by atoms with Crippen LogP contribution in [-0.4, -0.2) is 26.0 Å². The van der Waals surface area contributed by atoms with Crippen LogP contribution in [0.15, 0.2) is 24.3 Å². The van der Waals surface area contributed by atoms with Gasteiger partial charge in [0.15, 0.2) is 0 Å². The molecule has 2 N–H and O–H groups in total. The van der Waals surface area contributed by atoms with Gasteiger partial charge in [-0.2, -0.15) is 0 Å². The zero-order valence-corrected chi connectivity index (χ0v) is 11.5. The number of hydrogen-bond acceptors (Lipinski definition) is 2. The Morgan fingerprint density at radius 3 is 2.39 bits per heavy atom. The molecule has 0 radical (unpaired) electrons. The fourth-order valence-electron chi connectivity index (χ4n) is 1.78. The van der Waals surface area contributed by atoms with Crippen molar-refractivity contribution in [1.29, 1.82) is 0 Å². The number of amides is 1. The number of carbonyl (C=O) groups excluding carboxylic acids is 1. The Hall–Kier alpha value is -1.35. The first-order valence-corrected chi connectivity index (χ1v) is 6.75. The van der Waals surface area contributed by atoms with Gasteiger partial charge in [-0.05, 0) is 44.0 Å². The molecule has 3 nitrogen and oxygen atoms in total. The van der Waals surface area contributed by atoms with Crippen molar-refractivity contribution in [1.82, 2.24) is 10.6 Å². The van der Waals surface area contributed by atoms with Crippen LogP contribution in [0.25, 0.3) is 0 Å². The number of rotatable bonds is 8. The fourth-order valence-corrected chi connectivity index (χ4v) is 1.78. The Balaban J connectivity index is 2.20. The lowest BCUT2D eigenvalue weighted by Crippen LogP contribution is -2.26. The molecule has 0 atom stereocenters. The summed E-state index contributed by atoms with van der Waals surface area (Å²) >= 11 is 0. The van der Waals surface area contributed by atoms with Crippen molar-refractivity contribution in [3.05, 3.63) is 35.4 Å². The van der Waals surface area contributed by atoms with Gasteiger partial charge in [-0.1, -0.05) is 31.2 Å². The van der Waals surface area contributed by atoms with E-state index in [1.807, 2.05) is 7.05 Å². The van der Waals surface area contributed by atoms with Crippen molar-refractivity contribution in [3.8, 4) is 0 Å². The molecule has 0 aliphatic heterocycles. The summed E-state index contributed by atoms with van der Waals surface area (Å²) in [5.41, 5.74) is 2.58. The van der Waals surface area contributed by atoms with Gasteiger partial charge in [-0.25, -0.2) is 0 Å². The molecule has 0 saturated carbocycles. The lowest BCUT2D eigenvalue weighted by atomic mass is 10.1. The van der Waals surface area contributed by atoms with Crippen molar-refractivity contribution < 1.29 is 4.79 Å². The molecule has 0 aliphatic carbocycles. The van der Waals surface area contributed by atoms with Crippen molar-refractivity contribution in [2.75, 3.05) is 20.1 Å². The van der Waals surface area contributed by atoms with E-state index in [4.69, 9.17) is 0 Å². The standard InChI is InChI=1S/C15H24N2O/c1-3-13-5-7-14(8-6-13)9-10-15(18)17-12-4-11-16-2/h5-8,16H,3-4,9-12H2,1-2H3,(H,17,18). The van der Waals surface area contributed by atoms with Gasteiger partial charge in [0, 0.05) is 13.0 Å². The SMILES string of the molecule is CCc1ccc(CCC(=O)NCCCNC)cc1. The van der Waals surface area contributed by atoms with Crippen LogP contribution in [-0.2, 0) is 17.6 Å². The third-order valence-corrected chi connectivity index (χ3v) is 3.00. The molecule has 3 heteroatoms. The molecule has 18 heavy (non-hydrogen) atoms. The molecule has 1 aromatic rings. The van der Waals surface area contributed by atoms with E-state index in [0.29, 0.717) is 6.42 Å². The maximum atomic E-state index is 11.6. The van der Waals surface area contributed by atoms with Crippen molar-refractivity contribution in [2.24, 2.45) is 0 Å². The van der Waals surface area contributed by atoms with Crippen LogP contribution in [0.3, 0.4) is 0 Å². The molecule has 0 saturated heterocycles. The Bertz CT molecular complexity index is 346. The predicted molar refractivity (Wildman–Crippen MR) is 75.7 cm³/mol. The van der Waals surface area contributed by atoms with E-state index in [2.05, 4.69) is 41.8 Å². The Morgan fingerprint density at radius 1 is 1.11 bits per heavy atom. The smallest absolute Gasteiger partial charge is 0.220 e. The van der Waals surface area contributed by atoms with Gasteiger partial charge >= 0.3 is 0 Å². The van der Waals surface area contributed by atoms with E-state index >= 15 is 0 Å². The summed E-state index contributed by atoms with van der Waals surface area (Å²) in [6, 6.07) is 8.51. The van der Waals surface area contributed by atoms with Gasteiger partial charge in [0.25, 0.3) is 0 Å². The van der Waals surface area contributed by atoms with Gasteiger partial charge in [0.1, 0.15) is 0 Å². The minimum atomic E-state index is 0.144. The maximum Gasteiger partial charge on any atom is 0.220 e. The molecular formula is C15H24N2O. The number of nitrogens with one attached hydrogen (secondary N) is 2. The summed E-state index contributed by atoms with van der Waals surface area (Å²) < 4.78 is 0. The average Bonchev–Trinajstić information content (AvgIpc) is 2.42. The van der Waals surface area contributed by atoms with E-state index in [-0.39, 0.29) is 5.91 Å². The Labute approximate surface area is 110 Å². The number of hydrogen-bond donors (Lipinski definition) is 2. The lowest BCUT2D eigenvalue weighted by molar-refractivity contribution is -0.121. The van der Waals surface area contributed by atoms with Crippen LogP contribution in [0.4, 0.5) is 0 Å². The zero-order chi connectivity index (χ0) is 13.2. The van der Waals surface area contributed by atoms with Gasteiger partial charge in [0.2, 0.25) is 5.91 Å². The van der Waals surface area contributed by atoms with Crippen LogP contribution in [0, 0.1) is 0 Å². The molecule has 1 rings (SSSR count). The molecule has 0 bridgehead atoms. The summed E-state index contributed by atoms with van der Waals surface area (Å²) in [6.07, 6.45) is 3.44. The second-order valence-corrected chi connectivity index (χ2v) is 4.48. The predicted octanol–water partition coefficient (Wildman–Crippen LogP) is 1.91. The fraction of sp³-hybridized carbons (Fsp3) is 0.533. The van der Waals surface area contributed by atoms with Gasteiger partial charge in [-0.3, -0.25) is 4.79 Å². The average molecular weight is 248 g/mol. The summed E-state index contributed by atoms with van der Waals surface area (Å²) in [5, 5.41) is 5.99. The molecular weight excluding hydrogens is 224 g/mol. The minimum Gasteiger partial charge on any atom is -0.356 e. The van der Waals surface area contributed by atoms with E-state index in [9.17, 15) is 4.79 Å². The molecule has 0 heterocycles. The Kier molecular flexibility index (Phi) is 7.11. The Morgan fingerprint density at radius 2 is 1.78 bits per heavy atom. The third-order valence-electron chi connectivity index (χ3n) is 3.00. The van der Waals surface area contributed by atoms with Gasteiger partial charge in [-0.15, -0.1) is 0 Å². The maximum absolute atomic E-state index is 11.6. The molecule has 1 aromatic carbocycles. The molecule has 0 unspecified atom stereocenters. The summed E-state index contributed by atoms with van der Waals surface area (Å²) in [7, 11) is 1.92. The van der Waals surface area contributed by atoms with E-state index in [1.54, 1.807) is 0 Å².